The van der Waals surface area contributed by atoms with Crippen LogP contribution in [0, 0.1) is 0 Å². The van der Waals surface area contributed by atoms with E-state index in [-0.39, 0.29) is 11.5 Å². The number of thiocarbonyl (C=S) groups is 1. The topological polar surface area (TPSA) is 76.4 Å². The van der Waals surface area contributed by atoms with E-state index < -0.39 is 5.79 Å². The predicted molar refractivity (Wildman–Crippen MR) is 123 cm³/mol. The summed E-state index contributed by atoms with van der Waals surface area (Å²) in [5.41, 5.74) is 0.745. The van der Waals surface area contributed by atoms with Gasteiger partial charge in [0.2, 0.25) is 0 Å². The molecule has 0 aliphatic carbocycles. The highest BCUT2D eigenvalue weighted by Crippen LogP contribution is 2.36. The van der Waals surface area contributed by atoms with Crippen LogP contribution < -0.4 is 10.5 Å². The van der Waals surface area contributed by atoms with Crippen molar-refractivity contribution < 1.29 is 14.3 Å². The van der Waals surface area contributed by atoms with Gasteiger partial charge in [-0.3, -0.25) is 18.9 Å². The Morgan fingerprint density at radius 3 is 2.65 bits per heavy atom. The van der Waals surface area contributed by atoms with E-state index in [9.17, 15) is 9.59 Å². The van der Waals surface area contributed by atoms with Crippen LogP contribution in [0.4, 0.5) is 5.82 Å². The van der Waals surface area contributed by atoms with Crippen molar-refractivity contribution in [1.29, 1.82) is 0 Å². The summed E-state index contributed by atoms with van der Waals surface area (Å²) in [6, 6.07) is 5.44. The van der Waals surface area contributed by atoms with E-state index in [1.165, 1.54) is 21.1 Å². The lowest BCUT2D eigenvalue weighted by molar-refractivity contribution is -0.169. The van der Waals surface area contributed by atoms with Crippen LogP contribution >= 0.6 is 24.0 Å². The maximum Gasteiger partial charge on any atom is 0.267 e. The van der Waals surface area contributed by atoms with Crippen molar-refractivity contribution in [3.8, 4) is 0 Å². The maximum atomic E-state index is 13.4. The van der Waals surface area contributed by atoms with Gasteiger partial charge in [0.15, 0.2) is 5.79 Å². The summed E-state index contributed by atoms with van der Waals surface area (Å²) in [5.74, 6) is -0.122. The summed E-state index contributed by atoms with van der Waals surface area (Å²) >= 11 is 6.55. The second kappa shape index (κ2) is 8.01. The number of fused-ring (bicyclic) bond motifs is 1. The lowest BCUT2D eigenvalue weighted by Gasteiger charge is -2.38. The Kier molecular flexibility index (Phi) is 5.33. The van der Waals surface area contributed by atoms with E-state index in [2.05, 4.69) is 4.90 Å². The molecule has 3 fully saturated rings. The fourth-order valence-corrected chi connectivity index (χ4v) is 5.57. The molecule has 0 N–H and O–H groups in total. The monoisotopic (exact) mass is 458 g/mol. The minimum Gasteiger partial charge on any atom is -0.355 e. The molecule has 0 atom stereocenters. The average molecular weight is 459 g/mol. The van der Waals surface area contributed by atoms with Crippen LogP contribution in [0.3, 0.4) is 0 Å². The molecule has 10 heteroatoms. The van der Waals surface area contributed by atoms with Crippen molar-refractivity contribution in [2.75, 3.05) is 37.7 Å². The first-order valence-electron chi connectivity index (χ1n) is 10.3. The lowest BCUT2D eigenvalue weighted by atomic mass is 10.0. The molecule has 2 aromatic heterocycles. The Morgan fingerprint density at radius 2 is 1.97 bits per heavy atom. The Morgan fingerprint density at radius 1 is 1.23 bits per heavy atom. The van der Waals surface area contributed by atoms with E-state index in [1.807, 2.05) is 13.0 Å². The minimum absolute atomic E-state index is 0.175. The van der Waals surface area contributed by atoms with Crippen molar-refractivity contribution in [3.05, 3.63) is 45.2 Å². The van der Waals surface area contributed by atoms with Gasteiger partial charge in [0.1, 0.15) is 15.8 Å². The van der Waals surface area contributed by atoms with Crippen LogP contribution in [-0.4, -0.2) is 63.1 Å². The number of hydrogen-bond acceptors (Lipinski definition) is 8. The Bertz CT molecular complexity index is 1150. The van der Waals surface area contributed by atoms with Crippen LogP contribution in [0.1, 0.15) is 25.3 Å². The highest BCUT2D eigenvalue weighted by Gasteiger charge is 2.40. The van der Waals surface area contributed by atoms with Gasteiger partial charge in [-0.1, -0.05) is 30.0 Å². The molecule has 0 saturated carbocycles. The number of carbonyl (C=O) groups excluding carboxylic acids is 1. The fourth-order valence-electron chi connectivity index (χ4n) is 4.21. The number of carbonyl (C=O) groups is 1. The number of pyridine rings is 1. The first-order valence-corrected chi connectivity index (χ1v) is 11.5. The van der Waals surface area contributed by atoms with Crippen LogP contribution in [0.5, 0.6) is 0 Å². The van der Waals surface area contributed by atoms with Gasteiger partial charge in [-0.25, -0.2) is 4.98 Å². The molecule has 0 bridgehead atoms. The number of nitrogens with zero attached hydrogens (tertiary/aromatic N) is 4. The molecule has 3 saturated heterocycles. The smallest absolute Gasteiger partial charge is 0.267 e. The molecule has 5 rings (SSSR count). The van der Waals surface area contributed by atoms with Gasteiger partial charge in [-0.05, 0) is 25.1 Å². The van der Waals surface area contributed by atoms with E-state index in [0.717, 1.165) is 0 Å². The number of aromatic nitrogens is 2. The summed E-state index contributed by atoms with van der Waals surface area (Å²) in [5, 5.41) is 0. The lowest BCUT2D eigenvalue weighted by Crippen LogP contribution is -2.46. The molecule has 5 heterocycles. The van der Waals surface area contributed by atoms with Gasteiger partial charge < -0.3 is 14.4 Å². The van der Waals surface area contributed by atoms with Gasteiger partial charge >= 0.3 is 0 Å². The third-order valence-corrected chi connectivity index (χ3v) is 7.23. The van der Waals surface area contributed by atoms with Crippen LogP contribution in [0.15, 0.2) is 34.1 Å². The molecule has 0 radical (unpaired) electrons. The number of likely N-dealkylation sites (N-methyl/N-ethyl adjacent to an activating group) is 1. The van der Waals surface area contributed by atoms with E-state index in [4.69, 9.17) is 26.7 Å². The first kappa shape index (κ1) is 20.6. The SMILES string of the molecule is CCN1C(=O)/C(=C\c2c(N3CCC4(CC3)OCCO4)nc3ccccn3c2=O)SC1=S. The van der Waals surface area contributed by atoms with Crippen LogP contribution in [-0.2, 0) is 14.3 Å². The number of ether oxygens (including phenoxy) is 2. The fraction of sp³-hybridized carbons (Fsp3) is 0.429. The minimum atomic E-state index is -0.522. The largest absolute Gasteiger partial charge is 0.355 e. The van der Waals surface area contributed by atoms with E-state index >= 15 is 0 Å². The first-order chi connectivity index (χ1) is 15.0. The summed E-state index contributed by atoms with van der Waals surface area (Å²) in [6.07, 6.45) is 4.72. The third-order valence-electron chi connectivity index (χ3n) is 5.85. The zero-order chi connectivity index (χ0) is 21.6. The van der Waals surface area contributed by atoms with Gasteiger partial charge in [0.25, 0.3) is 11.5 Å². The summed E-state index contributed by atoms with van der Waals surface area (Å²) in [6.45, 7) is 4.89. The van der Waals surface area contributed by atoms with Crippen molar-refractivity contribution in [2.24, 2.45) is 0 Å². The van der Waals surface area contributed by atoms with Gasteiger partial charge in [-0.15, -0.1) is 0 Å². The van der Waals surface area contributed by atoms with Crippen molar-refractivity contribution in [3.63, 3.8) is 0 Å². The second-order valence-corrected chi connectivity index (χ2v) is 9.28. The van der Waals surface area contributed by atoms with E-state index in [0.29, 0.717) is 71.9 Å². The molecular weight excluding hydrogens is 436 g/mol. The zero-order valence-electron chi connectivity index (χ0n) is 17.1. The van der Waals surface area contributed by atoms with Crippen molar-refractivity contribution >= 4 is 51.7 Å². The van der Waals surface area contributed by atoms with Crippen molar-refractivity contribution in [1.82, 2.24) is 14.3 Å². The number of rotatable bonds is 3. The van der Waals surface area contributed by atoms with Gasteiger partial charge in [0, 0.05) is 38.7 Å². The molecule has 3 aliphatic heterocycles. The molecule has 0 aromatic carbocycles. The molecule has 162 valence electrons. The molecule has 2 aromatic rings. The Hall–Kier alpha value is -2.27. The maximum absolute atomic E-state index is 13.4. The second-order valence-electron chi connectivity index (χ2n) is 7.60. The standard InChI is InChI=1S/C21H22N4O4S2/c1-2-24-19(27)15(31-20(24)30)13-14-17(22-16-5-3-4-8-25(16)18(14)26)23-9-6-21(7-10-23)28-11-12-29-21/h3-5,8,13H,2,6-7,9-12H2,1H3/b15-13+. The highest BCUT2D eigenvalue weighted by atomic mass is 32.2. The Balaban J connectivity index is 1.58. The average Bonchev–Trinajstić information content (AvgIpc) is 3.34. The van der Waals surface area contributed by atoms with Crippen LogP contribution in [0.2, 0.25) is 0 Å². The van der Waals surface area contributed by atoms with Crippen LogP contribution in [0.25, 0.3) is 11.7 Å². The number of thioether (sulfide) groups is 1. The molecule has 31 heavy (non-hydrogen) atoms. The molecule has 8 nitrogen and oxygen atoms in total. The summed E-state index contributed by atoms with van der Waals surface area (Å²) in [7, 11) is 0. The number of hydrogen-bond donors (Lipinski definition) is 0. The molecular formula is C21H22N4O4S2. The molecule has 3 aliphatic rings. The third kappa shape index (κ3) is 3.57. The number of piperidine rings is 1. The van der Waals surface area contributed by atoms with Gasteiger partial charge in [0.05, 0.1) is 23.7 Å². The van der Waals surface area contributed by atoms with Crippen molar-refractivity contribution in [2.45, 2.75) is 25.6 Å². The summed E-state index contributed by atoms with van der Waals surface area (Å²) in [4.78, 5) is 35.0. The molecule has 0 unspecified atom stereocenters. The highest BCUT2D eigenvalue weighted by molar-refractivity contribution is 8.26. The normalized spacial score (nSPS) is 22.4. The van der Waals surface area contributed by atoms with Gasteiger partial charge in [-0.2, -0.15) is 0 Å². The molecule has 1 amide bonds. The molecule has 1 spiro atoms. The number of anilines is 1. The number of amides is 1. The predicted octanol–water partition coefficient (Wildman–Crippen LogP) is 2.26. The zero-order valence-corrected chi connectivity index (χ0v) is 18.7. The van der Waals surface area contributed by atoms with E-state index in [1.54, 1.807) is 24.4 Å². The quantitative estimate of drug-likeness (QED) is 0.512. The Labute approximate surface area is 188 Å². The summed E-state index contributed by atoms with van der Waals surface area (Å²) < 4.78 is 13.7.